The Hall–Kier alpha value is -2.01. The number of benzene rings is 2. The van der Waals surface area contributed by atoms with Gasteiger partial charge in [0.05, 0.1) is 10.2 Å². The normalized spacial score (nSPS) is 16.4. The van der Waals surface area contributed by atoms with E-state index in [9.17, 15) is 9.90 Å². The van der Waals surface area contributed by atoms with Crippen LogP contribution in [0.1, 0.15) is 5.56 Å². The molecular weight excluding hydrogens is 320 g/mol. The van der Waals surface area contributed by atoms with Crippen LogP contribution >= 0.6 is 15.9 Å². The Bertz CT molecular complexity index is 648. The Kier molecular flexibility index (Phi) is 3.36. The van der Waals surface area contributed by atoms with Crippen LogP contribution in [-0.2, 0) is 11.2 Å². The second-order valence-electron chi connectivity index (χ2n) is 4.68. The minimum Gasteiger partial charge on any atom is -0.505 e. The number of rotatable bonds is 2. The summed E-state index contributed by atoms with van der Waals surface area (Å²) in [6, 6.07) is 12.7. The number of fused-ring (bicyclic) bond motifs is 1. The topological polar surface area (TPSA) is 61.4 Å². The van der Waals surface area contributed by atoms with E-state index in [1.807, 2.05) is 24.3 Å². The van der Waals surface area contributed by atoms with Gasteiger partial charge in [-0.05, 0) is 39.7 Å². The lowest BCUT2D eigenvalue weighted by Gasteiger charge is -2.13. The molecule has 1 unspecified atom stereocenters. The number of hydrogen-bond donors (Lipinski definition) is 3. The first kappa shape index (κ1) is 13.0. The van der Waals surface area contributed by atoms with E-state index in [-0.39, 0.29) is 17.7 Å². The van der Waals surface area contributed by atoms with Crippen LogP contribution in [0.3, 0.4) is 0 Å². The molecule has 102 valence electrons. The van der Waals surface area contributed by atoms with Crippen molar-refractivity contribution in [3.05, 3.63) is 52.5 Å². The zero-order valence-electron chi connectivity index (χ0n) is 10.6. The third-order valence-electron chi connectivity index (χ3n) is 3.33. The lowest BCUT2D eigenvalue weighted by atomic mass is 10.1. The van der Waals surface area contributed by atoms with Crippen LogP contribution in [0.4, 0.5) is 11.4 Å². The number of carbonyl (C=O) groups is 1. The molecule has 0 aliphatic carbocycles. The van der Waals surface area contributed by atoms with Gasteiger partial charge in [-0.25, -0.2) is 0 Å². The summed E-state index contributed by atoms with van der Waals surface area (Å²) in [7, 11) is 0. The zero-order chi connectivity index (χ0) is 14.1. The van der Waals surface area contributed by atoms with Crippen LogP contribution in [0, 0.1) is 0 Å². The van der Waals surface area contributed by atoms with Gasteiger partial charge in [-0.3, -0.25) is 4.79 Å². The van der Waals surface area contributed by atoms with Gasteiger partial charge in [-0.2, -0.15) is 0 Å². The summed E-state index contributed by atoms with van der Waals surface area (Å²) in [5, 5.41) is 15.8. The molecule has 0 radical (unpaired) electrons. The first-order valence-corrected chi connectivity index (χ1v) is 7.07. The molecule has 1 amide bonds. The molecule has 3 rings (SSSR count). The molecule has 0 aromatic heterocycles. The predicted octanol–water partition coefficient (Wildman–Crippen LogP) is 3.13. The van der Waals surface area contributed by atoms with Gasteiger partial charge in [-0.15, -0.1) is 0 Å². The van der Waals surface area contributed by atoms with Gasteiger partial charge in [0.2, 0.25) is 5.91 Å². The molecule has 3 N–H and O–H groups in total. The fourth-order valence-corrected chi connectivity index (χ4v) is 2.66. The minimum absolute atomic E-state index is 0.0383. The number of amides is 1. The van der Waals surface area contributed by atoms with Crippen molar-refractivity contribution in [1.82, 2.24) is 0 Å². The van der Waals surface area contributed by atoms with E-state index < -0.39 is 0 Å². The van der Waals surface area contributed by atoms with E-state index in [1.165, 1.54) is 0 Å². The minimum atomic E-state index is -0.314. The summed E-state index contributed by atoms with van der Waals surface area (Å²) in [6.45, 7) is 0. The maximum atomic E-state index is 12.2. The molecule has 0 bridgehead atoms. The Morgan fingerprint density at radius 3 is 2.85 bits per heavy atom. The van der Waals surface area contributed by atoms with Gasteiger partial charge in [0.15, 0.2) is 5.75 Å². The molecule has 0 spiro atoms. The first-order valence-electron chi connectivity index (χ1n) is 6.28. The zero-order valence-corrected chi connectivity index (χ0v) is 12.1. The summed E-state index contributed by atoms with van der Waals surface area (Å²) in [5.74, 6) is -0.119. The first-order chi connectivity index (χ1) is 9.65. The van der Waals surface area contributed by atoms with Crippen molar-refractivity contribution >= 4 is 33.2 Å². The van der Waals surface area contributed by atoms with Crippen molar-refractivity contribution in [3.8, 4) is 5.75 Å². The number of nitrogens with one attached hydrogen (secondary N) is 2. The number of halogens is 1. The smallest absolute Gasteiger partial charge is 0.247 e. The molecule has 0 saturated carbocycles. The van der Waals surface area contributed by atoms with E-state index in [0.717, 1.165) is 11.3 Å². The van der Waals surface area contributed by atoms with Gasteiger partial charge in [0.25, 0.3) is 0 Å². The van der Waals surface area contributed by atoms with E-state index in [2.05, 4.69) is 26.6 Å². The SMILES string of the molecule is O=C(Nc1cccc(Br)c1O)C1Cc2ccccc2N1. The third kappa shape index (κ3) is 2.36. The maximum absolute atomic E-state index is 12.2. The molecule has 1 aliphatic heterocycles. The number of phenolic OH excluding ortho intramolecular Hbond substituents is 1. The third-order valence-corrected chi connectivity index (χ3v) is 3.97. The molecular formula is C15H13BrN2O2. The van der Waals surface area contributed by atoms with Gasteiger partial charge in [0, 0.05) is 12.1 Å². The van der Waals surface area contributed by atoms with Crippen molar-refractivity contribution in [2.24, 2.45) is 0 Å². The van der Waals surface area contributed by atoms with Crippen LogP contribution in [0.2, 0.25) is 0 Å². The fourth-order valence-electron chi connectivity index (χ4n) is 2.29. The molecule has 0 fully saturated rings. The summed E-state index contributed by atoms with van der Waals surface area (Å²) in [5.41, 5.74) is 2.53. The molecule has 1 aliphatic rings. The Morgan fingerprint density at radius 1 is 1.25 bits per heavy atom. The molecule has 5 heteroatoms. The lowest BCUT2D eigenvalue weighted by Crippen LogP contribution is -2.32. The van der Waals surface area contributed by atoms with E-state index in [0.29, 0.717) is 16.6 Å². The molecule has 2 aromatic rings. The largest absolute Gasteiger partial charge is 0.505 e. The number of phenols is 1. The number of anilines is 2. The Balaban J connectivity index is 1.74. The van der Waals surface area contributed by atoms with Gasteiger partial charge in [0.1, 0.15) is 6.04 Å². The molecule has 2 aromatic carbocycles. The van der Waals surface area contributed by atoms with Crippen LogP contribution in [0.5, 0.6) is 5.75 Å². The fraction of sp³-hybridized carbons (Fsp3) is 0.133. The molecule has 1 atom stereocenters. The predicted molar refractivity (Wildman–Crippen MR) is 82.0 cm³/mol. The highest BCUT2D eigenvalue weighted by Gasteiger charge is 2.26. The standard InChI is InChI=1S/C15H13BrN2O2/c16-10-5-3-7-12(14(10)19)18-15(20)13-8-9-4-1-2-6-11(9)17-13/h1-7,13,17,19H,8H2,(H,18,20). The van der Waals surface area contributed by atoms with E-state index in [4.69, 9.17) is 0 Å². The summed E-state index contributed by atoms with van der Waals surface area (Å²) >= 11 is 3.23. The second-order valence-corrected chi connectivity index (χ2v) is 5.54. The average Bonchev–Trinajstić information content (AvgIpc) is 2.88. The lowest BCUT2D eigenvalue weighted by molar-refractivity contribution is -0.116. The molecule has 1 heterocycles. The number of hydrogen-bond acceptors (Lipinski definition) is 3. The van der Waals surface area contributed by atoms with Crippen molar-refractivity contribution in [1.29, 1.82) is 0 Å². The van der Waals surface area contributed by atoms with Gasteiger partial charge in [-0.1, -0.05) is 24.3 Å². The quantitative estimate of drug-likeness (QED) is 0.740. The number of aromatic hydroxyl groups is 1. The second kappa shape index (κ2) is 5.17. The Morgan fingerprint density at radius 2 is 2.05 bits per heavy atom. The molecule has 0 saturated heterocycles. The highest BCUT2D eigenvalue weighted by Crippen LogP contribution is 2.32. The molecule has 4 nitrogen and oxygen atoms in total. The van der Waals surface area contributed by atoms with Crippen molar-refractivity contribution in [2.45, 2.75) is 12.5 Å². The van der Waals surface area contributed by atoms with Crippen LogP contribution in [0.25, 0.3) is 0 Å². The van der Waals surface area contributed by atoms with Crippen molar-refractivity contribution in [3.63, 3.8) is 0 Å². The van der Waals surface area contributed by atoms with Crippen molar-refractivity contribution < 1.29 is 9.90 Å². The summed E-state index contributed by atoms with van der Waals surface area (Å²) in [6.07, 6.45) is 0.650. The maximum Gasteiger partial charge on any atom is 0.247 e. The highest BCUT2D eigenvalue weighted by molar-refractivity contribution is 9.10. The monoisotopic (exact) mass is 332 g/mol. The van der Waals surface area contributed by atoms with Crippen LogP contribution in [-0.4, -0.2) is 17.1 Å². The van der Waals surface area contributed by atoms with Crippen LogP contribution in [0.15, 0.2) is 46.9 Å². The van der Waals surface area contributed by atoms with Gasteiger partial charge < -0.3 is 15.7 Å². The highest BCUT2D eigenvalue weighted by atomic mass is 79.9. The Labute approximate surface area is 125 Å². The van der Waals surface area contributed by atoms with E-state index in [1.54, 1.807) is 18.2 Å². The van der Waals surface area contributed by atoms with E-state index >= 15 is 0 Å². The number of carbonyl (C=O) groups excluding carboxylic acids is 1. The van der Waals surface area contributed by atoms with Crippen molar-refractivity contribution in [2.75, 3.05) is 10.6 Å². The van der Waals surface area contributed by atoms with Crippen LogP contribution < -0.4 is 10.6 Å². The number of para-hydroxylation sites is 2. The van der Waals surface area contributed by atoms with Gasteiger partial charge >= 0.3 is 0 Å². The summed E-state index contributed by atoms with van der Waals surface area (Å²) < 4.78 is 0.554. The molecule has 20 heavy (non-hydrogen) atoms. The summed E-state index contributed by atoms with van der Waals surface area (Å²) in [4.78, 5) is 12.2. The average molecular weight is 333 g/mol.